The molecule has 4 atom stereocenters. The van der Waals surface area contributed by atoms with E-state index in [-0.39, 0.29) is 6.42 Å². The summed E-state index contributed by atoms with van der Waals surface area (Å²) in [5.74, 6) is -6.37. The largest absolute Gasteiger partial charge is 0.481 e. The molecule has 15 nitrogen and oxygen atoms in total. The van der Waals surface area contributed by atoms with E-state index >= 15 is 0 Å². The van der Waals surface area contributed by atoms with Crippen molar-refractivity contribution in [2.24, 2.45) is 11.5 Å². The number of carbonyl (C=O) groups excluding carboxylic acids is 4. The van der Waals surface area contributed by atoms with Crippen molar-refractivity contribution in [1.29, 1.82) is 0 Å². The Morgan fingerprint density at radius 3 is 2.06 bits per heavy atom. The van der Waals surface area contributed by atoms with Crippen molar-refractivity contribution in [3.8, 4) is 0 Å². The number of carboxylic acids is 2. The zero-order valence-electron chi connectivity index (χ0n) is 17.7. The Hall–Kier alpha value is -4.01. The molecule has 4 amide bonds. The molecule has 182 valence electrons. The second-order valence-electron chi connectivity index (χ2n) is 7.19. The predicted molar refractivity (Wildman–Crippen MR) is 110 cm³/mol. The van der Waals surface area contributed by atoms with E-state index in [4.69, 9.17) is 21.7 Å². The van der Waals surface area contributed by atoms with Crippen molar-refractivity contribution in [2.45, 2.75) is 56.8 Å². The highest BCUT2D eigenvalue weighted by Crippen LogP contribution is 2.05. The molecule has 4 unspecified atom stereocenters. The highest BCUT2D eigenvalue weighted by Gasteiger charge is 2.31. The second kappa shape index (κ2) is 12.7. The first kappa shape index (κ1) is 27.0. The topological polar surface area (TPSA) is 260 Å². The monoisotopic (exact) mass is 469 g/mol. The summed E-state index contributed by atoms with van der Waals surface area (Å²) in [5, 5.41) is 24.9. The number of aromatic amines is 1. The van der Waals surface area contributed by atoms with Crippen LogP contribution in [0.4, 0.5) is 0 Å². The zero-order valence-corrected chi connectivity index (χ0v) is 17.7. The fourth-order valence-corrected chi connectivity index (χ4v) is 2.61. The minimum Gasteiger partial charge on any atom is -0.481 e. The third-order valence-electron chi connectivity index (χ3n) is 4.33. The number of imidazole rings is 1. The normalized spacial score (nSPS) is 14.2. The Morgan fingerprint density at radius 1 is 1.00 bits per heavy atom. The van der Waals surface area contributed by atoms with Crippen LogP contribution in [0.2, 0.25) is 0 Å². The Labute approximate surface area is 187 Å². The highest BCUT2D eigenvalue weighted by atomic mass is 16.4. The maximum atomic E-state index is 12.9. The van der Waals surface area contributed by atoms with Gasteiger partial charge in [0.25, 0.3) is 0 Å². The average molecular weight is 469 g/mol. The number of nitrogens with one attached hydrogen (secondary N) is 4. The van der Waals surface area contributed by atoms with E-state index in [1.807, 2.05) is 0 Å². The van der Waals surface area contributed by atoms with E-state index in [2.05, 4.69) is 25.9 Å². The first-order chi connectivity index (χ1) is 15.4. The second-order valence-corrected chi connectivity index (χ2v) is 7.19. The molecule has 0 aliphatic carbocycles. The van der Waals surface area contributed by atoms with Gasteiger partial charge < -0.3 is 42.6 Å². The van der Waals surface area contributed by atoms with Crippen molar-refractivity contribution in [1.82, 2.24) is 25.9 Å². The lowest BCUT2D eigenvalue weighted by Gasteiger charge is -2.24. The van der Waals surface area contributed by atoms with Gasteiger partial charge in [-0.15, -0.1) is 0 Å². The van der Waals surface area contributed by atoms with E-state index in [0.717, 1.165) is 0 Å². The lowest BCUT2D eigenvalue weighted by atomic mass is 10.1. The average Bonchev–Trinajstić information content (AvgIpc) is 3.22. The molecule has 0 saturated carbocycles. The van der Waals surface area contributed by atoms with Crippen LogP contribution in [-0.2, 0) is 35.2 Å². The number of nitrogens with zero attached hydrogens (tertiary/aromatic N) is 1. The molecule has 1 heterocycles. The number of carbonyl (C=O) groups is 6. The molecule has 1 aromatic rings. The molecule has 1 rings (SSSR count). The van der Waals surface area contributed by atoms with Gasteiger partial charge in [0.15, 0.2) is 0 Å². The number of aromatic nitrogens is 2. The van der Waals surface area contributed by atoms with Crippen LogP contribution in [-0.4, -0.2) is 79.9 Å². The zero-order chi connectivity index (χ0) is 25.1. The molecular weight excluding hydrogens is 442 g/mol. The summed E-state index contributed by atoms with van der Waals surface area (Å²) in [5.41, 5.74) is 11.0. The molecule has 0 fully saturated rings. The minimum atomic E-state index is -1.68. The van der Waals surface area contributed by atoms with Crippen molar-refractivity contribution < 1.29 is 39.0 Å². The first-order valence-electron chi connectivity index (χ1n) is 9.77. The smallest absolute Gasteiger partial charge is 0.326 e. The summed E-state index contributed by atoms with van der Waals surface area (Å²) in [6.45, 7) is 1.40. The van der Waals surface area contributed by atoms with Crippen LogP contribution in [0, 0.1) is 0 Å². The van der Waals surface area contributed by atoms with E-state index in [1.54, 1.807) is 0 Å². The van der Waals surface area contributed by atoms with E-state index in [9.17, 15) is 28.8 Å². The Morgan fingerprint density at radius 2 is 1.58 bits per heavy atom. The number of carboxylic acid groups (broad SMARTS) is 2. The van der Waals surface area contributed by atoms with Crippen molar-refractivity contribution >= 4 is 35.6 Å². The third kappa shape index (κ3) is 9.77. The quantitative estimate of drug-likeness (QED) is 0.134. The Kier molecular flexibility index (Phi) is 10.4. The van der Waals surface area contributed by atoms with Gasteiger partial charge in [-0.25, -0.2) is 9.78 Å². The summed E-state index contributed by atoms with van der Waals surface area (Å²) >= 11 is 0. The van der Waals surface area contributed by atoms with Crippen LogP contribution in [0.25, 0.3) is 0 Å². The number of hydrogen-bond acceptors (Lipinski definition) is 8. The summed E-state index contributed by atoms with van der Waals surface area (Å²) in [7, 11) is 0. The van der Waals surface area contributed by atoms with Crippen LogP contribution in [0.15, 0.2) is 12.5 Å². The van der Waals surface area contributed by atoms with Crippen LogP contribution < -0.4 is 27.4 Å². The molecular formula is C18H27N7O8. The number of nitrogens with two attached hydrogens (primary N) is 2. The van der Waals surface area contributed by atoms with Crippen molar-refractivity contribution in [3.63, 3.8) is 0 Å². The van der Waals surface area contributed by atoms with Crippen molar-refractivity contribution in [2.75, 3.05) is 0 Å². The maximum Gasteiger partial charge on any atom is 0.326 e. The fraction of sp³-hybridized carbons (Fsp3) is 0.500. The predicted octanol–water partition coefficient (Wildman–Crippen LogP) is -3.42. The lowest BCUT2D eigenvalue weighted by molar-refractivity contribution is -0.144. The molecule has 10 N–H and O–H groups in total. The molecule has 33 heavy (non-hydrogen) atoms. The number of rotatable bonds is 14. The summed E-state index contributed by atoms with van der Waals surface area (Å²) in [6, 6.07) is -5.33. The molecule has 0 radical (unpaired) electrons. The van der Waals surface area contributed by atoms with Gasteiger partial charge in [0.2, 0.25) is 23.6 Å². The molecule has 0 bridgehead atoms. The van der Waals surface area contributed by atoms with E-state index in [0.29, 0.717) is 5.69 Å². The van der Waals surface area contributed by atoms with Crippen LogP contribution >= 0.6 is 0 Å². The number of amides is 4. The van der Waals surface area contributed by atoms with Gasteiger partial charge in [0.05, 0.1) is 18.8 Å². The number of primary amides is 1. The first-order valence-corrected chi connectivity index (χ1v) is 9.77. The lowest BCUT2D eigenvalue weighted by Crippen LogP contribution is -2.57. The van der Waals surface area contributed by atoms with Gasteiger partial charge in [-0.2, -0.15) is 0 Å². The molecule has 15 heteroatoms. The SMILES string of the molecule is CC(N)C(=O)NC(Cc1cnc[nH]1)C(=O)NC(CCC(=O)O)C(=O)NC(CC(N)=O)C(=O)O. The van der Waals surface area contributed by atoms with Gasteiger partial charge in [0.1, 0.15) is 18.1 Å². The number of aliphatic carboxylic acids is 2. The molecule has 1 aromatic heterocycles. The van der Waals surface area contributed by atoms with Gasteiger partial charge in [-0.1, -0.05) is 0 Å². The van der Waals surface area contributed by atoms with Gasteiger partial charge in [0, 0.05) is 24.7 Å². The number of hydrogen-bond donors (Lipinski definition) is 8. The van der Waals surface area contributed by atoms with Gasteiger partial charge >= 0.3 is 11.9 Å². The third-order valence-corrected chi connectivity index (χ3v) is 4.33. The van der Waals surface area contributed by atoms with Crippen molar-refractivity contribution in [3.05, 3.63) is 18.2 Å². The van der Waals surface area contributed by atoms with Gasteiger partial charge in [-0.05, 0) is 13.3 Å². The summed E-state index contributed by atoms with van der Waals surface area (Å²) in [6.07, 6.45) is 1.06. The molecule has 0 saturated heterocycles. The van der Waals surface area contributed by atoms with Crippen LogP contribution in [0.3, 0.4) is 0 Å². The Balaban J connectivity index is 3.05. The fourth-order valence-electron chi connectivity index (χ4n) is 2.61. The number of H-pyrrole nitrogens is 1. The van der Waals surface area contributed by atoms with E-state index in [1.165, 1.54) is 19.4 Å². The van der Waals surface area contributed by atoms with Gasteiger partial charge in [-0.3, -0.25) is 24.0 Å². The molecule has 0 spiro atoms. The molecule has 0 aromatic carbocycles. The summed E-state index contributed by atoms with van der Waals surface area (Å²) < 4.78 is 0. The van der Waals surface area contributed by atoms with Crippen LogP contribution in [0.5, 0.6) is 0 Å². The van der Waals surface area contributed by atoms with Crippen LogP contribution in [0.1, 0.15) is 31.9 Å². The summed E-state index contributed by atoms with van der Waals surface area (Å²) in [4.78, 5) is 77.4. The Bertz CT molecular complexity index is 871. The van der Waals surface area contributed by atoms with E-state index < -0.39 is 79.0 Å². The minimum absolute atomic E-state index is 0.0585. The highest BCUT2D eigenvalue weighted by molar-refractivity contribution is 5.95. The standard InChI is InChI=1S/C18H27N7O8/c1-8(19)15(29)24-11(4-9-6-21-7-22-9)17(31)23-10(2-3-14(27)28)16(30)25-12(18(32)33)5-13(20)26/h6-8,10-12H,2-5,19H2,1H3,(H2,20,26)(H,21,22)(H,23,31)(H,24,29)(H,25,30)(H,27,28)(H,32,33). The maximum absolute atomic E-state index is 12.9. The molecule has 0 aliphatic rings. The molecule has 0 aliphatic heterocycles.